The van der Waals surface area contributed by atoms with Gasteiger partial charge in [0.05, 0.1) is 19.9 Å². The number of hydrogen-bond acceptors (Lipinski definition) is 5. The van der Waals surface area contributed by atoms with Gasteiger partial charge in [0.25, 0.3) is 0 Å². The molecule has 0 spiro atoms. The van der Waals surface area contributed by atoms with Crippen molar-refractivity contribution in [1.82, 2.24) is 14.9 Å². The molecule has 2 aromatic carbocycles. The number of benzene rings is 2. The van der Waals surface area contributed by atoms with Gasteiger partial charge in [-0.1, -0.05) is 30.3 Å². The molecule has 122 valence electrons. The van der Waals surface area contributed by atoms with Gasteiger partial charge in [-0.2, -0.15) is 9.78 Å². The van der Waals surface area contributed by atoms with Crippen LogP contribution in [0.25, 0.3) is 11.4 Å². The molecule has 0 aliphatic heterocycles. The lowest BCUT2D eigenvalue weighted by Crippen LogP contribution is -1.97. The van der Waals surface area contributed by atoms with Crippen molar-refractivity contribution >= 4 is 6.21 Å². The van der Waals surface area contributed by atoms with Gasteiger partial charge in [0.1, 0.15) is 6.33 Å². The maximum Gasteiger partial charge on any atom is 0.184 e. The largest absolute Gasteiger partial charge is 0.493 e. The highest BCUT2D eigenvalue weighted by Gasteiger charge is 2.06. The summed E-state index contributed by atoms with van der Waals surface area (Å²) in [6.07, 6.45) is 3.31. The Balaban J connectivity index is 1.87. The fourth-order valence-corrected chi connectivity index (χ4v) is 2.26. The highest BCUT2D eigenvalue weighted by molar-refractivity contribution is 5.81. The third-order valence-corrected chi connectivity index (χ3v) is 3.38. The molecular weight excluding hydrogens is 304 g/mol. The van der Waals surface area contributed by atoms with Crippen LogP contribution in [0.2, 0.25) is 0 Å². The number of nitrogens with zero attached hydrogens (tertiary/aromatic N) is 4. The van der Waals surface area contributed by atoms with Gasteiger partial charge in [-0.15, -0.1) is 10.2 Å². The lowest BCUT2D eigenvalue weighted by atomic mass is 10.2. The molecule has 0 bridgehead atoms. The van der Waals surface area contributed by atoms with E-state index in [1.807, 2.05) is 55.5 Å². The summed E-state index contributed by atoms with van der Waals surface area (Å²) >= 11 is 0. The van der Waals surface area contributed by atoms with Gasteiger partial charge >= 0.3 is 0 Å². The molecular formula is C18H18N4O2. The Hall–Kier alpha value is -3.15. The summed E-state index contributed by atoms with van der Waals surface area (Å²) in [6, 6.07) is 15.5. The van der Waals surface area contributed by atoms with Crippen LogP contribution in [-0.2, 0) is 0 Å². The van der Waals surface area contributed by atoms with Crippen LogP contribution in [0.4, 0.5) is 0 Å². The first-order chi connectivity index (χ1) is 11.8. The Morgan fingerprint density at radius 2 is 1.96 bits per heavy atom. The van der Waals surface area contributed by atoms with Crippen molar-refractivity contribution in [2.45, 2.75) is 6.92 Å². The van der Waals surface area contributed by atoms with Crippen molar-refractivity contribution in [2.75, 3.05) is 13.7 Å². The zero-order chi connectivity index (χ0) is 16.8. The van der Waals surface area contributed by atoms with Crippen LogP contribution < -0.4 is 9.47 Å². The van der Waals surface area contributed by atoms with E-state index in [1.54, 1.807) is 24.3 Å². The third kappa shape index (κ3) is 3.43. The second-order valence-electron chi connectivity index (χ2n) is 4.95. The molecule has 0 aliphatic rings. The average Bonchev–Trinajstić information content (AvgIpc) is 3.10. The van der Waals surface area contributed by atoms with E-state index in [4.69, 9.17) is 9.47 Å². The molecule has 0 N–H and O–H groups in total. The summed E-state index contributed by atoms with van der Waals surface area (Å²) in [5.74, 6) is 2.07. The third-order valence-electron chi connectivity index (χ3n) is 3.38. The van der Waals surface area contributed by atoms with E-state index < -0.39 is 0 Å². The van der Waals surface area contributed by atoms with E-state index in [2.05, 4.69) is 15.3 Å². The maximum absolute atomic E-state index is 5.58. The summed E-state index contributed by atoms with van der Waals surface area (Å²) in [5.41, 5.74) is 1.85. The molecule has 6 nitrogen and oxygen atoms in total. The first-order valence-corrected chi connectivity index (χ1v) is 7.62. The van der Waals surface area contributed by atoms with Crippen molar-refractivity contribution in [2.24, 2.45) is 5.10 Å². The quantitative estimate of drug-likeness (QED) is 0.654. The molecule has 1 aromatic heterocycles. The number of aromatic nitrogens is 3. The van der Waals surface area contributed by atoms with E-state index >= 15 is 0 Å². The van der Waals surface area contributed by atoms with E-state index in [0.717, 1.165) is 11.1 Å². The monoisotopic (exact) mass is 322 g/mol. The van der Waals surface area contributed by atoms with Gasteiger partial charge < -0.3 is 9.47 Å². The lowest BCUT2D eigenvalue weighted by Gasteiger charge is -2.09. The van der Waals surface area contributed by atoms with Crippen LogP contribution in [0.15, 0.2) is 60.0 Å². The average molecular weight is 322 g/mol. The first-order valence-electron chi connectivity index (χ1n) is 7.62. The van der Waals surface area contributed by atoms with Crippen molar-refractivity contribution in [3.63, 3.8) is 0 Å². The number of ether oxygens (including phenoxy) is 2. The van der Waals surface area contributed by atoms with Gasteiger partial charge in [0, 0.05) is 5.56 Å². The smallest absolute Gasteiger partial charge is 0.184 e. The molecule has 6 heteroatoms. The van der Waals surface area contributed by atoms with Crippen molar-refractivity contribution in [3.8, 4) is 22.9 Å². The molecule has 24 heavy (non-hydrogen) atoms. The fourth-order valence-electron chi connectivity index (χ4n) is 2.26. The van der Waals surface area contributed by atoms with Gasteiger partial charge in [-0.25, -0.2) is 0 Å². The van der Waals surface area contributed by atoms with E-state index in [9.17, 15) is 0 Å². The number of methoxy groups -OCH3 is 1. The molecule has 1 heterocycles. The molecule has 3 rings (SSSR count). The topological polar surface area (TPSA) is 61.5 Å². The first kappa shape index (κ1) is 15.7. The maximum atomic E-state index is 5.58. The highest BCUT2D eigenvalue weighted by atomic mass is 16.5. The second-order valence-corrected chi connectivity index (χ2v) is 4.95. The Bertz CT molecular complexity index is 828. The van der Waals surface area contributed by atoms with Crippen molar-refractivity contribution < 1.29 is 9.47 Å². The lowest BCUT2D eigenvalue weighted by molar-refractivity contribution is 0.311. The van der Waals surface area contributed by atoms with Gasteiger partial charge in [0.15, 0.2) is 17.3 Å². The minimum Gasteiger partial charge on any atom is -0.493 e. The Morgan fingerprint density at radius 1 is 1.12 bits per heavy atom. The summed E-state index contributed by atoms with van der Waals surface area (Å²) in [7, 11) is 1.62. The fraction of sp³-hybridized carbons (Fsp3) is 0.167. The minimum atomic E-state index is 0.570. The Labute approximate surface area is 140 Å². The zero-order valence-electron chi connectivity index (χ0n) is 13.6. The van der Waals surface area contributed by atoms with Gasteiger partial charge in [-0.3, -0.25) is 0 Å². The normalized spacial score (nSPS) is 10.9. The molecule has 0 aliphatic carbocycles. The molecule has 0 fully saturated rings. The highest BCUT2D eigenvalue weighted by Crippen LogP contribution is 2.27. The van der Waals surface area contributed by atoms with Gasteiger partial charge in [-0.05, 0) is 30.7 Å². The molecule has 0 unspecified atom stereocenters. The van der Waals surface area contributed by atoms with Crippen LogP contribution in [-0.4, -0.2) is 34.8 Å². The molecule has 0 amide bonds. The second kappa shape index (κ2) is 7.41. The standard InChI is InChI=1S/C18H18N4O2/c1-3-24-17-11-14(9-10-16(17)23-2)12-20-22-13-19-21-18(22)15-7-5-4-6-8-15/h4-13H,3H2,1-2H3/b20-12-. The summed E-state index contributed by atoms with van der Waals surface area (Å²) in [5, 5.41) is 12.5. The summed E-state index contributed by atoms with van der Waals surface area (Å²) in [4.78, 5) is 0. The molecule has 0 atom stereocenters. The summed E-state index contributed by atoms with van der Waals surface area (Å²) < 4.78 is 12.5. The van der Waals surface area contributed by atoms with E-state index in [1.165, 1.54) is 0 Å². The van der Waals surface area contributed by atoms with Crippen LogP contribution in [0.1, 0.15) is 12.5 Å². The predicted molar refractivity (Wildman–Crippen MR) is 92.6 cm³/mol. The molecule has 0 radical (unpaired) electrons. The van der Waals surface area contributed by atoms with Crippen LogP contribution in [0.5, 0.6) is 11.5 Å². The molecule has 0 saturated carbocycles. The van der Waals surface area contributed by atoms with Crippen LogP contribution >= 0.6 is 0 Å². The minimum absolute atomic E-state index is 0.570. The van der Waals surface area contributed by atoms with Gasteiger partial charge in [0.2, 0.25) is 0 Å². The van der Waals surface area contributed by atoms with Crippen molar-refractivity contribution in [3.05, 3.63) is 60.4 Å². The molecule has 3 aromatic rings. The molecule has 0 saturated heterocycles. The SMILES string of the molecule is CCOc1cc(/C=N\n2cnnc2-c2ccccc2)ccc1OC. The Kier molecular flexibility index (Phi) is 4.86. The predicted octanol–water partition coefficient (Wildman–Crippen LogP) is 3.23. The Morgan fingerprint density at radius 3 is 2.71 bits per heavy atom. The van der Waals surface area contributed by atoms with Crippen LogP contribution in [0, 0.1) is 0 Å². The van der Waals surface area contributed by atoms with E-state index in [0.29, 0.717) is 23.9 Å². The van der Waals surface area contributed by atoms with E-state index in [-0.39, 0.29) is 0 Å². The number of rotatable bonds is 6. The summed E-state index contributed by atoms with van der Waals surface area (Å²) in [6.45, 7) is 2.50. The zero-order valence-corrected chi connectivity index (χ0v) is 13.6. The van der Waals surface area contributed by atoms with Crippen LogP contribution in [0.3, 0.4) is 0 Å². The van der Waals surface area contributed by atoms with Crippen molar-refractivity contribution in [1.29, 1.82) is 0 Å². The number of hydrogen-bond donors (Lipinski definition) is 0.